The van der Waals surface area contributed by atoms with Crippen molar-refractivity contribution in [3.63, 3.8) is 0 Å². The maximum absolute atomic E-state index is 6.79. The molecule has 3 nitrogen and oxygen atoms in total. The monoisotopic (exact) mass is 291 g/mol. The number of hydrogen-bond acceptors (Lipinski definition) is 3. The van der Waals surface area contributed by atoms with E-state index in [0.29, 0.717) is 0 Å². The fourth-order valence-corrected chi connectivity index (χ4v) is 3.54. The fourth-order valence-electron chi connectivity index (χ4n) is 3.54. The van der Waals surface area contributed by atoms with Crippen molar-refractivity contribution in [1.29, 1.82) is 0 Å². The topological polar surface area (TPSA) is 44.5 Å². The van der Waals surface area contributed by atoms with E-state index >= 15 is 0 Å². The summed E-state index contributed by atoms with van der Waals surface area (Å²) in [6.45, 7) is 4.64. The Morgan fingerprint density at radius 2 is 1.90 bits per heavy atom. The van der Waals surface area contributed by atoms with Gasteiger partial charge in [-0.2, -0.15) is 0 Å². The molecule has 2 N–H and O–H groups in total. The van der Waals surface area contributed by atoms with Gasteiger partial charge in [-0.3, -0.25) is 0 Å². The second-order valence-corrected chi connectivity index (χ2v) is 6.66. The van der Waals surface area contributed by atoms with Crippen molar-refractivity contribution in [2.45, 2.75) is 51.5 Å². The third kappa shape index (κ3) is 3.52. The molecular weight excluding hydrogens is 262 g/mol. The van der Waals surface area contributed by atoms with Gasteiger partial charge in [0.2, 0.25) is 0 Å². The lowest BCUT2D eigenvalue weighted by Crippen LogP contribution is -2.36. The predicted molar refractivity (Wildman–Crippen MR) is 86.8 cm³/mol. The standard InChI is InChI=1S/C18H29NO2/c1-13(2)14-6-5-10-18(19,11-9-14)16-8-7-15(20-3)12-17(16)21-4/h7-8,12-14H,5-6,9-11,19H2,1-4H3. The molecule has 1 fully saturated rings. The van der Waals surface area contributed by atoms with Gasteiger partial charge in [0.1, 0.15) is 11.5 Å². The summed E-state index contributed by atoms with van der Waals surface area (Å²) in [6.07, 6.45) is 5.73. The Bertz CT molecular complexity index is 472. The Kier molecular flexibility index (Phi) is 5.15. The van der Waals surface area contributed by atoms with Crippen molar-refractivity contribution in [3.8, 4) is 11.5 Å². The Morgan fingerprint density at radius 3 is 2.52 bits per heavy atom. The van der Waals surface area contributed by atoms with Crippen LogP contribution >= 0.6 is 0 Å². The van der Waals surface area contributed by atoms with Gasteiger partial charge >= 0.3 is 0 Å². The van der Waals surface area contributed by atoms with Gasteiger partial charge in [-0.05, 0) is 43.2 Å². The van der Waals surface area contributed by atoms with Crippen LogP contribution < -0.4 is 15.2 Å². The van der Waals surface area contributed by atoms with Crippen LogP contribution in [0.5, 0.6) is 11.5 Å². The summed E-state index contributed by atoms with van der Waals surface area (Å²) in [5, 5.41) is 0. The van der Waals surface area contributed by atoms with Crippen LogP contribution in [0.15, 0.2) is 18.2 Å². The molecule has 0 heterocycles. The number of nitrogens with two attached hydrogens (primary N) is 1. The second kappa shape index (κ2) is 6.69. The summed E-state index contributed by atoms with van der Waals surface area (Å²) in [7, 11) is 3.38. The average molecular weight is 291 g/mol. The van der Waals surface area contributed by atoms with Crippen LogP contribution in [0.25, 0.3) is 0 Å². The highest BCUT2D eigenvalue weighted by molar-refractivity contribution is 5.44. The van der Waals surface area contributed by atoms with E-state index in [2.05, 4.69) is 19.9 Å². The summed E-state index contributed by atoms with van der Waals surface area (Å²) < 4.78 is 10.8. The molecule has 1 aromatic carbocycles. The molecule has 3 heteroatoms. The molecule has 2 rings (SSSR count). The van der Waals surface area contributed by atoms with E-state index in [0.717, 1.165) is 41.7 Å². The van der Waals surface area contributed by atoms with Crippen LogP contribution in [0, 0.1) is 11.8 Å². The smallest absolute Gasteiger partial charge is 0.127 e. The number of methoxy groups -OCH3 is 2. The quantitative estimate of drug-likeness (QED) is 0.850. The summed E-state index contributed by atoms with van der Waals surface area (Å²) in [4.78, 5) is 0. The van der Waals surface area contributed by atoms with Crippen LogP contribution in [0.3, 0.4) is 0 Å². The molecule has 0 radical (unpaired) electrons. The Balaban J connectivity index is 2.27. The summed E-state index contributed by atoms with van der Waals surface area (Å²) >= 11 is 0. The predicted octanol–water partition coefficient (Wildman–Crippen LogP) is 4.09. The summed E-state index contributed by atoms with van der Waals surface area (Å²) in [5.41, 5.74) is 7.63. The van der Waals surface area contributed by atoms with Crippen LogP contribution in [0.1, 0.15) is 51.5 Å². The molecule has 0 amide bonds. The molecule has 0 bridgehead atoms. The molecular formula is C18H29NO2. The molecule has 2 atom stereocenters. The largest absolute Gasteiger partial charge is 0.497 e. The van der Waals surface area contributed by atoms with Gasteiger partial charge < -0.3 is 15.2 Å². The highest BCUT2D eigenvalue weighted by atomic mass is 16.5. The average Bonchev–Trinajstić information content (AvgIpc) is 2.69. The lowest BCUT2D eigenvalue weighted by Gasteiger charge is -2.30. The highest BCUT2D eigenvalue weighted by Gasteiger charge is 2.34. The zero-order valence-corrected chi connectivity index (χ0v) is 13.8. The van der Waals surface area contributed by atoms with Gasteiger partial charge in [0.05, 0.1) is 14.2 Å². The molecule has 2 unspecified atom stereocenters. The first-order valence-corrected chi connectivity index (χ1v) is 8.01. The summed E-state index contributed by atoms with van der Waals surface area (Å²) in [6, 6.07) is 6.00. The highest BCUT2D eigenvalue weighted by Crippen LogP contribution is 2.42. The minimum absolute atomic E-state index is 0.277. The molecule has 1 saturated carbocycles. The van der Waals surface area contributed by atoms with Crippen molar-refractivity contribution in [2.24, 2.45) is 17.6 Å². The SMILES string of the molecule is COc1ccc(C2(N)CCCC(C(C)C)CC2)c(OC)c1. The molecule has 21 heavy (non-hydrogen) atoms. The molecule has 0 aromatic heterocycles. The van der Waals surface area contributed by atoms with E-state index in [1.165, 1.54) is 19.3 Å². The van der Waals surface area contributed by atoms with Gasteiger partial charge in [-0.15, -0.1) is 0 Å². The first kappa shape index (κ1) is 16.2. The van der Waals surface area contributed by atoms with E-state index in [9.17, 15) is 0 Å². The van der Waals surface area contributed by atoms with Gasteiger partial charge in [-0.25, -0.2) is 0 Å². The maximum atomic E-state index is 6.79. The third-order valence-corrected chi connectivity index (χ3v) is 5.05. The Hall–Kier alpha value is -1.22. The molecule has 118 valence electrons. The molecule has 1 aromatic rings. The van der Waals surface area contributed by atoms with Crippen molar-refractivity contribution < 1.29 is 9.47 Å². The zero-order chi connectivity index (χ0) is 15.5. The van der Waals surface area contributed by atoms with Crippen molar-refractivity contribution in [3.05, 3.63) is 23.8 Å². The summed E-state index contributed by atoms with van der Waals surface area (Å²) in [5.74, 6) is 3.19. The number of ether oxygens (including phenoxy) is 2. The van der Waals surface area contributed by atoms with E-state index < -0.39 is 0 Å². The van der Waals surface area contributed by atoms with Crippen LogP contribution in [-0.4, -0.2) is 14.2 Å². The number of hydrogen-bond donors (Lipinski definition) is 1. The van der Waals surface area contributed by atoms with Gasteiger partial charge in [0, 0.05) is 17.2 Å². The Labute approximate surface area is 128 Å². The number of benzene rings is 1. The van der Waals surface area contributed by atoms with Crippen molar-refractivity contribution in [2.75, 3.05) is 14.2 Å². The van der Waals surface area contributed by atoms with Gasteiger partial charge in [0.25, 0.3) is 0 Å². The van der Waals surface area contributed by atoms with Crippen LogP contribution in [0.4, 0.5) is 0 Å². The normalized spacial score (nSPS) is 26.5. The first-order valence-electron chi connectivity index (χ1n) is 8.01. The Morgan fingerprint density at radius 1 is 1.14 bits per heavy atom. The lowest BCUT2D eigenvalue weighted by atomic mass is 9.82. The molecule has 0 saturated heterocycles. The van der Waals surface area contributed by atoms with E-state index in [1.807, 2.05) is 12.1 Å². The molecule has 1 aliphatic rings. The zero-order valence-electron chi connectivity index (χ0n) is 13.8. The minimum Gasteiger partial charge on any atom is -0.497 e. The van der Waals surface area contributed by atoms with Crippen LogP contribution in [0.2, 0.25) is 0 Å². The molecule has 0 spiro atoms. The molecule has 1 aliphatic carbocycles. The van der Waals surface area contributed by atoms with E-state index in [-0.39, 0.29) is 5.54 Å². The van der Waals surface area contributed by atoms with Gasteiger partial charge in [0.15, 0.2) is 0 Å². The third-order valence-electron chi connectivity index (χ3n) is 5.05. The van der Waals surface area contributed by atoms with Crippen molar-refractivity contribution in [1.82, 2.24) is 0 Å². The van der Waals surface area contributed by atoms with Gasteiger partial charge in [-0.1, -0.05) is 26.7 Å². The number of rotatable bonds is 4. The molecule has 0 aliphatic heterocycles. The van der Waals surface area contributed by atoms with Crippen molar-refractivity contribution >= 4 is 0 Å². The van der Waals surface area contributed by atoms with E-state index in [1.54, 1.807) is 14.2 Å². The van der Waals surface area contributed by atoms with E-state index in [4.69, 9.17) is 15.2 Å². The fraction of sp³-hybridized carbons (Fsp3) is 0.667. The second-order valence-electron chi connectivity index (χ2n) is 6.66. The maximum Gasteiger partial charge on any atom is 0.127 e. The lowest BCUT2D eigenvalue weighted by molar-refractivity contribution is 0.317. The first-order chi connectivity index (χ1) is 10.00. The minimum atomic E-state index is -0.277. The van der Waals surface area contributed by atoms with Crippen LogP contribution in [-0.2, 0) is 5.54 Å².